The van der Waals surface area contributed by atoms with E-state index in [0.29, 0.717) is 19.8 Å². The molecule has 1 heterocycles. The largest absolute Gasteiger partial charge is 0.385 e. The summed E-state index contributed by atoms with van der Waals surface area (Å²) in [6.45, 7) is 12.8. The molecule has 0 saturated carbocycles. The molecule has 7 heteroatoms. The van der Waals surface area contributed by atoms with Gasteiger partial charge in [0.1, 0.15) is 5.82 Å². The van der Waals surface area contributed by atoms with E-state index in [2.05, 4.69) is 62.3 Å². The minimum Gasteiger partial charge on any atom is -0.385 e. The molecule has 2 aromatic carbocycles. The molecule has 2 N–H and O–H groups in total. The van der Waals surface area contributed by atoms with Crippen LogP contribution in [-0.4, -0.2) is 44.3 Å². The molecule has 206 valence electrons. The average molecular weight is 540 g/mol. The predicted molar refractivity (Wildman–Crippen MR) is 155 cm³/mol. The molecule has 1 aliphatic heterocycles. The van der Waals surface area contributed by atoms with Crippen LogP contribution >= 0.6 is 11.9 Å². The summed E-state index contributed by atoms with van der Waals surface area (Å²) >= 11 is 1.84. The number of hydrazine groups is 1. The van der Waals surface area contributed by atoms with Crippen molar-refractivity contribution in [3.05, 3.63) is 82.8 Å². The van der Waals surface area contributed by atoms with Crippen molar-refractivity contribution >= 4 is 17.6 Å². The molecule has 38 heavy (non-hydrogen) atoms. The Balaban J connectivity index is 1.53. The van der Waals surface area contributed by atoms with Gasteiger partial charge in [-0.2, -0.15) is 0 Å². The second-order valence-corrected chi connectivity index (χ2v) is 12.7. The second kappa shape index (κ2) is 12.3. The summed E-state index contributed by atoms with van der Waals surface area (Å²) in [4.78, 5) is 1.26. The van der Waals surface area contributed by atoms with Gasteiger partial charge in [-0.25, -0.2) is 14.5 Å². The molecule has 0 radical (unpaired) electrons. The van der Waals surface area contributed by atoms with Crippen molar-refractivity contribution in [1.82, 2.24) is 4.31 Å². The normalized spacial score (nSPS) is 20.3. The van der Waals surface area contributed by atoms with Crippen LogP contribution in [0.15, 0.2) is 76.3 Å². The summed E-state index contributed by atoms with van der Waals surface area (Å²) in [6, 6.07) is 15.3. The highest BCUT2D eigenvalue weighted by molar-refractivity contribution is 7.97. The molecule has 1 atom stereocenters. The number of benzene rings is 2. The van der Waals surface area contributed by atoms with Crippen molar-refractivity contribution in [3.63, 3.8) is 0 Å². The maximum atomic E-state index is 13.5. The van der Waals surface area contributed by atoms with Crippen LogP contribution in [0.4, 0.5) is 10.1 Å². The highest BCUT2D eigenvalue weighted by Crippen LogP contribution is 2.48. The van der Waals surface area contributed by atoms with Crippen LogP contribution in [0.3, 0.4) is 0 Å². The molecule has 1 unspecified atom stereocenters. The van der Waals surface area contributed by atoms with Gasteiger partial charge in [-0.05, 0) is 97.2 Å². The first-order valence-corrected chi connectivity index (χ1v) is 14.2. The number of anilines is 1. The molecule has 5 nitrogen and oxygen atoms in total. The molecule has 1 saturated heterocycles. The van der Waals surface area contributed by atoms with Crippen LogP contribution in [0.2, 0.25) is 0 Å². The standard InChI is InChI=1S/C31H42FN3O2S/c1-23-20-31(22-37-18-6-17-36-5)21-34(38-28-13-7-24(8-14-28)30(2,3)4)16-15-25(31)19-29(23)35(33)27-11-9-26(32)10-12-27/h7-14,19H,6,15-18,20-22,33H2,1-5H3. The first-order valence-electron chi connectivity index (χ1n) is 13.4. The zero-order valence-corrected chi connectivity index (χ0v) is 24.2. The monoisotopic (exact) mass is 539 g/mol. The number of nitrogens with zero attached hydrogens (tertiary/aromatic N) is 2. The number of fused-ring (bicyclic) bond motifs is 1. The van der Waals surface area contributed by atoms with Gasteiger partial charge in [-0.1, -0.05) is 38.5 Å². The fourth-order valence-corrected chi connectivity index (χ4v) is 6.38. The zero-order valence-electron chi connectivity index (χ0n) is 23.4. The topological polar surface area (TPSA) is 51.0 Å². The number of allylic oxidation sites excluding steroid dienone is 2. The fraction of sp³-hybridized carbons (Fsp3) is 0.484. The quantitative estimate of drug-likeness (QED) is 0.154. The first kappa shape index (κ1) is 28.8. The van der Waals surface area contributed by atoms with Gasteiger partial charge in [0.15, 0.2) is 0 Å². The summed E-state index contributed by atoms with van der Waals surface area (Å²) in [6.07, 6.45) is 4.95. The van der Waals surface area contributed by atoms with E-state index in [0.717, 1.165) is 43.7 Å². The predicted octanol–water partition coefficient (Wildman–Crippen LogP) is 6.86. The minimum atomic E-state index is -0.266. The molecular formula is C31H42FN3O2S. The number of hydrogen-bond donors (Lipinski definition) is 1. The Kier molecular flexibility index (Phi) is 9.37. The number of nitrogens with two attached hydrogens (primary N) is 1. The highest BCUT2D eigenvalue weighted by atomic mass is 32.2. The lowest BCUT2D eigenvalue weighted by Gasteiger charge is -2.47. The Morgan fingerprint density at radius 2 is 1.79 bits per heavy atom. The Bertz CT molecular complexity index is 1140. The molecule has 0 bridgehead atoms. The van der Waals surface area contributed by atoms with E-state index in [-0.39, 0.29) is 16.6 Å². The number of hydrogen-bond acceptors (Lipinski definition) is 6. The van der Waals surface area contributed by atoms with Gasteiger partial charge in [0.25, 0.3) is 0 Å². The lowest BCUT2D eigenvalue weighted by Crippen LogP contribution is -2.47. The summed E-state index contributed by atoms with van der Waals surface area (Å²) in [5.41, 5.74) is 5.73. The maximum Gasteiger partial charge on any atom is 0.123 e. The summed E-state index contributed by atoms with van der Waals surface area (Å²) in [7, 11) is 1.72. The van der Waals surface area contributed by atoms with E-state index < -0.39 is 0 Å². The number of ether oxygens (including phenoxy) is 2. The van der Waals surface area contributed by atoms with Crippen LogP contribution in [0.25, 0.3) is 0 Å². The Morgan fingerprint density at radius 1 is 1.08 bits per heavy atom. The van der Waals surface area contributed by atoms with Crippen molar-refractivity contribution in [2.24, 2.45) is 11.3 Å². The van der Waals surface area contributed by atoms with Crippen molar-refractivity contribution in [1.29, 1.82) is 0 Å². The zero-order chi connectivity index (χ0) is 27.3. The third-order valence-electron chi connectivity index (χ3n) is 7.48. The Labute approximate surface area is 232 Å². The van der Waals surface area contributed by atoms with Crippen molar-refractivity contribution in [2.75, 3.05) is 45.0 Å². The smallest absolute Gasteiger partial charge is 0.123 e. The van der Waals surface area contributed by atoms with Crippen LogP contribution in [-0.2, 0) is 14.9 Å². The van der Waals surface area contributed by atoms with E-state index in [9.17, 15) is 4.39 Å². The Morgan fingerprint density at radius 3 is 2.45 bits per heavy atom. The molecule has 1 fully saturated rings. The van der Waals surface area contributed by atoms with Gasteiger partial charge in [0.2, 0.25) is 0 Å². The molecule has 1 aliphatic carbocycles. The number of methoxy groups -OCH3 is 1. The third-order valence-corrected chi connectivity index (χ3v) is 8.53. The summed E-state index contributed by atoms with van der Waals surface area (Å²) < 4.78 is 27.4. The van der Waals surface area contributed by atoms with Gasteiger partial charge >= 0.3 is 0 Å². The minimum absolute atomic E-state index is 0.110. The molecule has 0 aromatic heterocycles. The summed E-state index contributed by atoms with van der Waals surface area (Å²) in [5.74, 6) is 6.28. The van der Waals surface area contributed by atoms with Crippen molar-refractivity contribution < 1.29 is 13.9 Å². The first-order chi connectivity index (χ1) is 18.1. The van der Waals surface area contributed by atoms with Crippen LogP contribution in [0.5, 0.6) is 0 Å². The molecule has 2 aliphatic rings. The fourth-order valence-electron chi connectivity index (χ4n) is 5.33. The van der Waals surface area contributed by atoms with E-state index in [1.807, 2.05) is 11.9 Å². The van der Waals surface area contributed by atoms with Gasteiger partial charge in [-0.15, -0.1) is 0 Å². The molecular weight excluding hydrogens is 497 g/mol. The SMILES string of the molecule is COCCCOCC12CC(C)=C(N(N)c3ccc(F)cc3)C=C1CCN(Sc1ccc(C(C)(C)C)cc1)C2. The lowest BCUT2D eigenvalue weighted by atomic mass is 9.69. The number of halogens is 1. The van der Waals surface area contributed by atoms with Crippen molar-refractivity contribution in [2.45, 2.75) is 57.3 Å². The van der Waals surface area contributed by atoms with Gasteiger partial charge < -0.3 is 9.47 Å². The molecule has 0 amide bonds. The van der Waals surface area contributed by atoms with Crippen LogP contribution in [0, 0.1) is 11.2 Å². The number of piperidine rings is 1. The van der Waals surface area contributed by atoms with E-state index in [4.69, 9.17) is 15.3 Å². The van der Waals surface area contributed by atoms with E-state index in [1.54, 1.807) is 24.3 Å². The van der Waals surface area contributed by atoms with Gasteiger partial charge in [-0.3, -0.25) is 5.01 Å². The second-order valence-electron chi connectivity index (χ2n) is 11.5. The van der Waals surface area contributed by atoms with Crippen molar-refractivity contribution in [3.8, 4) is 0 Å². The third kappa shape index (κ3) is 6.88. The molecule has 2 aromatic rings. The van der Waals surface area contributed by atoms with Gasteiger partial charge in [0.05, 0.1) is 18.0 Å². The van der Waals surface area contributed by atoms with Crippen LogP contribution in [0.1, 0.15) is 52.5 Å². The lowest BCUT2D eigenvalue weighted by molar-refractivity contribution is 0.0322. The summed E-state index contributed by atoms with van der Waals surface area (Å²) in [5, 5.41) is 1.68. The van der Waals surface area contributed by atoms with Crippen LogP contribution < -0.4 is 10.9 Å². The highest BCUT2D eigenvalue weighted by Gasteiger charge is 2.43. The average Bonchev–Trinajstić information content (AvgIpc) is 2.88. The Hall–Kier alpha value is -2.16. The number of rotatable bonds is 10. The van der Waals surface area contributed by atoms with E-state index in [1.165, 1.54) is 33.7 Å². The molecule has 4 rings (SSSR count). The van der Waals surface area contributed by atoms with Gasteiger partial charge in [0, 0.05) is 43.7 Å². The maximum absolute atomic E-state index is 13.5. The van der Waals surface area contributed by atoms with E-state index >= 15 is 0 Å². The molecule has 0 spiro atoms.